The Morgan fingerprint density at radius 2 is 2.20 bits per heavy atom. The van der Waals surface area contributed by atoms with Crippen molar-refractivity contribution in [3.63, 3.8) is 0 Å². The van der Waals surface area contributed by atoms with Crippen molar-refractivity contribution in [1.82, 2.24) is 4.90 Å². The topological polar surface area (TPSA) is 70.8 Å². The van der Waals surface area contributed by atoms with E-state index in [0.717, 1.165) is 12.8 Å². The SMILES string of the molecule is O=C(O)C1CC2CCC1N2C(=O)C=Cc1ccc(Br)o1. The van der Waals surface area contributed by atoms with Gasteiger partial charge in [0.1, 0.15) is 5.76 Å². The van der Waals surface area contributed by atoms with Crippen LogP contribution >= 0.6 is 15.9 Å². The van der Waals surface area contributed by atoms with Crippen LogP contribution in [0.5, 0.6) is 0 Å². The summed E-state index contributed by atoms with van der Waals surface area (Å²) in [4.78, 5) is 25.1. The normalized spacial score (nSPS) is 28.4. The first kappa shape index (κ1) is 13.4. The van der Waals surface area contributed by atoms with Crippen LogP contribution in [0.15, 0.2) is 27.3 Å². The molecule has 20 heavy (non-hydrogen) atoms. The van der Waals surface area contributed by atoms with Crippen molar-refractivity contribution in [2.45, 2.75) is 31.3 Å². The number of nitrogens with zero attached hydrogens (tertiary/aromatic N) is 1. The third kappa shape index (κ3) is 2.28. The van der Waals surface area contributed by atoms with Crippen LogP contribution in [0.2, 0.25) is 0 Å². The highest BCUT2D eigenvalue weighted by Crippen LogP contribution is 2.41. The van der Waals surface area contributed by atoms with Crippen LogP contribution in [-0.4, -0.2) is 34.0 Å². The Hall–Kier alpha value is -1.56. The number of hydrogen-bond donors (Lipinski definition) is 1. The van der Waals surface area contributed by atoms with Gasteiger partial charge in [0.25, 0.3) is 0 Å². The van der Waals surface area contributed by atoms with E-state index in [1.807, 2.05) is 0 Å². The van der Waals surface area contributed by atoms with Crippen molar-refractivity contribution in [2.75, 3.05) is 0 Å². The highest BCUT2D eigenvalue weighted by molar-refractivity contribution is 9.10. The number of carbonyl (C=O) groups excluding carboxylic acids is 1. The van der Waals surface area contributed by atoms with Crippen LogP contribution < -0.4 is 0 Å². The fourth-order valence-corrected chi connectivity index (χ4v) is 3.57. The second kappa shape index (κ2) is 5.09. The van der Waals surface area contributed by atoms with E-state index in [4.69, 9.17) is 9.52 Å². The molecule has 0 aliphatic carbocycles. The van der Waals surface area contributed by atoms with Gasteiger partial charge >= 0.3 is 5.97 Å². The van der Waals surface area contributed by atoms with Crippen LogP contribution in [0, 0.1) is 5.92 Å². The molecule has 6 heteroatoms. The van der Waals surface area contributed by atoms with Crippen LogP contribution in [0.3, 0.4) is 0 Å². The van der Waals surface area contributed by atoms with Gasteiger partial charge < -0.3 is 14.4 Å². The molecule has 2 bridgehead atoms. The van der Waals surface area contributed by atoms with Gasteiger partial charge in [0.15, 0.2) is 4.67 Å². The standard InChI is InChI=1S/C14H14BrNO4/c15-12-5-2-9(20-12)3-6-13(17)16-8-1-4-11(16)10(7-8)14(18)19/h2-3,5-6,8,10-11H,1,4,7H2,(H,18,19). The van der Waals surface area contributed by atoms with E-state index in [0.29, 0.717) is 16.9 Å². The number of furan rings is 1. The summed E-state index contributed by atoms with van der Waals surface area (Å²) in [6.45, 7) is 0. The van der Waals surface area contributed by atoms with Crippen LogP contribution in [0.25, 0.3) is 6.08 Å². The molecular weight excluding hydrogens is 326 g/mol. The van der Waals surface area contributed by atoms with Gasteiger partial charge in [0.05, 0.1) is 5.92 Å². The van der Waals surface area contributed by atoms with Gasteiger partial charge in [0.2, 0.25) is 5.91 Å². The summed E-state index contributed by atoms with van der Waals surface area (Å²) in [6, 6.07) is 3.43. The predicted octanol–water partition coefficient (Wildman–Crippen LogP) is 2.52. The first-order valence-corrected chi connectivity index (χ1v) is 7.34. The van der Waals surface area contributed by atoms with Crippen LogP contribution in [0.1, 0.15) is 25.0 Å². The van der Waals surface area contributed by atoms with Crippen LogP contribution in [-0.2, 0) is 9.59 Å². The molecule has 1 aromatic heterocycles. The van der Waals surface area contributed by atoms with Gasteiger partial charge in [-0.3, -0.25) is 9.59 Å². The molecule has 2 fully saturated rings. The summed E-state index contributed by atoms with van der Waals surface area (Å²) in [6.07, 6.45) is 5.33. The lowest BCUT2D eigenvalue weighted by Crippen LogP contribution is -2.36. The molecule has 2 aliphatic heterocycles. The summed E-state index contributed by atoms with van der Waals surface area (Å²) in [7, 11) is 0. The van der Waals surface area contributed by atoms with Gasteiger partial charge in [-0.2, -0.15) is 0 Å². The molecule has 1 N–H and O–H groups in total. The van der Waals surface area contributed by atoms with Crippen molar-refractivity contribution < 1.29 is 19.1 Å². The van der Waals surface area contributed by atoms with Crippen molar-refractivity contribution in [2.24, 2.45) is 5.92 Å². The molecule has 3 atom stereocenters. The number of aliphatic carboxylic acids is 1. The number of halogens is 1. The minimum atomic E-state index is -0.797. The number of carboxylic acids is 1. The molecule has 3 heterocycles. The van der Waals surface area contributed by atoms with Gasteiger partial charge in [-0.1, -0.05) is 0 Å². The fraction of sp³-hybridized carbons (Fsp3) is 0.429. The highest BCUT2D eigenvalue weighted by Gasteiger charge is 2.50. The van der Waals surface area contributed by atoms with Gasteiger partial charge in [-0.15, -0.1) is 0 Å². The van der Waals surface area contributed by atoms with E-state index in [2.05, 4.69) is 15.9 Å². The molecule has 5 nitrogen and oxygen atoms in total. The maximum Gasteiger partial charge on any atom is 0.308 e. The second-order valence-electron chi connectivity index (χ2n) is 5.20. The van der Waals surface area contributed by atoms with E-state index >= 15 is 0 Å². The molecule has 106 valence electrons. The predicted molar refractivity (Wildman–Crippen MR) is 74.8 cm³/mol. The molecule has 2 aliphatic rings. The Balaban J connectivity index is 1.72. The first-order valence-electron chi connectivity index (χ1n) is 6.55. The Morgan fingerprint density at radius 1 is 1.40 bits per heavy atom. The summed E-state index contributed by atoms with van der Waals surface area (Å²) < 4.78 is 5.90. The summed E-state index contributed by atoms with van der Waals surface area (Å²) in [5.74, 6) is -0.752. The zero-order valence-corrected chi connectivity index (χ0v) is 12.2. The molecule has 3 rings (SSSR count). The third-order valence-electron chi connectivity index (χ3n) is 4.09. The van der Waals surface area contributed by atoms with E-state index in [-0.39, 0.29) is 18.0 Å². The molecule has 2 saturated heterocycles. The largest absolute Gasteiger partial charge is 0.481 e. The van der Waals surface area contributed by atoms with E-state index < -0.39 is 11.9 Å². The lowest BCUT2D eigenvalue weighted by Gasteiger charge is -2.21. The van der Waals surface area contributed by atoms with Gasteiger partial charge in [0, 0.05) is 18.2 Å². The lowest BCUT2D eigenvalue weighted by atomic mass is 9.89. The Kier molecular flexibility index (Phi) is 3.41. The minimum absolute atomic E-state index is 0.0709. The van der Waals surface area contributed by atoms with E-state index in [9.17, 15) is 9.59 Å². The maximum absolute atomic E-state index is 12.2. The second-order valence-corrected chi connectivity index (χ2v) is 5.98. The summed E-state index contributed by atoms with van der Waals surface area (Å²) >= 11 is 3.20. The molecular formula is C14H14BrNO4. The summed E-state index contributed by atoms with van der Waals surface area (Å²) in [5, 5.41) is 9.17. The minimum Gasteiger partial charge on any atom is -0.481 e. The smallest absolute Gasteiger partial charge is 0.308 e. The van der Waals surface area contributed by atoms with Crippen molar-refractivity contribution in [3.8, 4) is 0 Å². The molecule has 3 unspecified atom stereocenters. The number of carboxylic acid groups (broad SMARTS) is 1. The zero-order chi connectivity index (χ0) is 14.3. The van der Waals surface area contributed by atoms with E-state index in [1.54, 1.807) is 23.1 Å². The number of hydrogen-bond acceptors (Lipinski definition) is 3. The molecule has 0 spiro atoms. The average Bonchev–Trinajstić information content (AvgIpc) is 3.09. The fourth-order valence-electron chi connectivity index (χ4n) is 3.25. The molecule has 0 saturated carbocycles. The quantitative estimate of drug-likeness (QED) is 0.859. The monoisotopic (exact) mass is 339 g/mol. The Labute approximate surface area is 124 Å². The Morgan fingerprint density at radius 3 is 2.80 bits per heavy atom. The third-order valence-corrected chi connectivity index (χ3v) is 4.52. The van der Waals surface area contributed by atoms with E-state index in [1.165, 1.54) is 6.08 Å². The summed E-state index contributed by atoms with van der Waals surface area (Å²) in [5.41, 5.74) is 0. The zero-order valence-electron chi connectivity index (χ0n) is 10.7. The van der Waals surface area contributed by atoms with Crippen molar-refractivity contribution >= 4 is 33.9 Å². The Bertz CT molecular complexity index is 579. The number of amides is 1. The number of carbonyl (C=O) groups is 2. The molecule has 0 aromatic carbocycles. The molecule has 1 aromatic rings. The number of fused-ring (bicyclic) bond motifs is 2. The number of rotatable bonds is 3. The average molecular weight is 340 g/mol. The highest BCUT2D eigenvalue weighted by atomic mass is 79.9. The van der Waals surface area contributed by atoms with Crippen LogP contribution in [0.4, 0.5) is 0 Å². The molecule has 0 radical (unpaired) electrons. The molecule has 1 amide bonds. The maximum atomic E-state index is 12.2. The van der Waals surface area contributed by atoms with Crippen molar-refractivity contribution in [1.29, 1.82) is 0 Å². The van der Waals surface area contributed by atoms with Gasteiger partial charge in [-0.25, -0.2) is 0 Å². The van der Waals surface area contributed by atoms with Gasteiger partial charge in [-0.05, 0) is 53.4 Å². The first-order chi connectivity index (χ1) is 9.56. The lowest BCUT2D eigenvalue weighted by molar-refractivity contribution is -0.143. The van der Waals surface area contributed by atoms with Crippen molar-refractivity contribution in [3.05, 3.63) is 28.6 Å².